The molecule has 0 aromatic heterocycles. The van der Waals surface area contributed by atoms with Crippen LogP contribution in [0.15, 0.2) is 60.8 Å². The predicted octanol–water partition coefficient (Wildman–Crippen LogP) is 3.17. The predicted molar refractivity (Wildman–Crippen MR) is 50.3 cm³/mol. The van der Waals surface area contributed by atoms with Gasteiger partial charge >= 0.3 is 0 Å². The Hall–Kier alpha value is -1.30. The van der Waals surface area contributed by atoms with Crippen LogP contribution in [0, 0.1) is 0 Å². The Morgan fingerprint density at radius 1 is 0.455 bits per heavy atom. The lowest BCUT2D eigenvalue weighted by molar-refractivity contribution is 1.39. The van der Waals surface area contributed by atoms with E-state index >= 15 is 0 Å². The summed E-state index contributed by atoms with van der Waals surface area (Å²) in [5.74, 6) is 0. The van der Waals surface area contributed by atoms with Gasteiger partial charge in [-0.2, -0.15) is 0 Å². The highest BCUT2D eigenvalue weighted by Gasteiger charge is 1.69. The molecule has 0 saturated heterocycles. The molecule has 0 aliphatic heterocycles. The van der Waals surface area contributed by atoms with Crippen LogP contribution in [0.4, 0.5) is 0 Å². The highest BCUT2D eigenvalue weighted by atomic mass is 13.8. The van der Waals surface area contributed by atoms with E-state index in [4.69, 9.17) is 0 Å². The fourth-order valence-corrected chi connectivity index (χ4v) is 0.778. The van der Waals surface area contributed by atoms with Gasteiger partial charge in [0, 0.05) is 0 Å². The zero-order valence-electron chi connectivity index (χ0n) is 6.48. The molecule has 0 radical (unpaired) electrons. The van der Waals surface area contributed by atoms with Crippen molar-refractivity contribution in [3.63, 3.8) is 0 Å². The van der Waals surface area contributed by atoms with Gasteiger partial charge in [0.05, 0.1) is 0 Å². The van der Waals surface area contributed by atoms with Crippen LogP contribution < -0.4 is 0 Å². The van der Waals surface area contributed by atoms with Crippen molar-refractivity contribution < 1.29 is 0 Å². The third-order valence-corrected chi connectivity index (χ3v) is 1.32. The van der Waals surface area contributed by atoms with E-state index in [9.17, 15) is 0 Å². The molecular weight excluding hydrogens is 132 g/mol. The Kier molecular flexibility index (Phi) is 3.89. The maximum atomic E-state index is 2.12. The van der Waals surface area contributed by atoms with E-state index in [1.807, 2.05) is 36.5 Å². The second-order valence-corrected chi connectivity index (χ2v) is 2.25. The van der Waals surface area contributed by atoms with Crippen molar-refractivity contribution in [1.82, 2.24) is 0 Å². The van der Waals surface area contributed by atoms with Gasteiger partial charge in [0.1, 0.15) is 0 Å². The molecule has 11 heavy (non-hydrogen) atoms. The second kappa shape index (κ2) is 5.48. The highest BCUT2D eigenvalue weighted by Crippen LogP contribution is 1.90. The van der Waals surface area contributed by atoms with Gasteiger partial charge in [-0.05, 0) is 6.42 Å². The standard InChI is InChI=1S/C11H12/c1-2-4-6-8-10-11-9-7-5-3-1/h1-10H,11H2/b2-1-,5-3-,6-4+,9-7+,10-8?. The van der Waals surface area contributed by atoms with Crippen LogP contribution in [0.1, 0.15) is 6.42 Å². The topological polar surface area (TPSA) is 0 Å². The molecule has 1 aliphatic carbocycles. The van der Waals surface area contributed by atoms with Crippen LogP contribution >= 0.6 is 0 Å². The molecule has 0 nitrogen and oxygen atoms in total. The molecule has 0 fully saturated rings. The van der Waals surface area contributed by atoms with Gasteiger partial charge in [-0.25, -0.2) is 0 Å². The van der Waals surface area contributed by atoms with Crippen molar-refractivity contribution >= 4 is 0 Å². The Balaban J connectivity index is 2.61. The molecule has 0 amide bonds. The average Bonchev–Trinajstić information content (AvgIpc) is 2.08. The summed E-state index contributed by atoms with van der Waals surface area (Å²) in [4.78, 5) is 0. The van der Waals surface area contributed by atoms with Crippen molar-refractivity contribution in [2.75, 3.05) is 0 Å². The summed E-state index contributed by atoms with van der Waals surface area (Å²) >= 11 is 0. The fourth-order valence-electron chi connectivity index (χ4n) is 0.778. The second-order valence-electron chi connectivity index (χ2n) is 2.25. The molecule has 0 spiro atoms. The summed E-state index contributed by atoms with van der Waals surface area (Å²) in [7, 11) is 0. The molecule has 0 N–H and O–H groups in total. The quantitative estimate of drug-likeness (QED) is 0.490. The first kappa shape index (κ1) is 7.80. The first-order valence-electron chi connectivity index (χ1n) is 3.82. The lowest BCUT2D eigenvalue weighted by Gasteiger charge is -1.76. The maximum Gasteiger partial charge on any atom is -0.0163 e. The first-order chi connectivity index (χ1) is 5.50. The van der Waals surface area contributed by atoms with Crippen molar-refractivity contribution in [1.29, 1.82) is 0 Å². The van der Waals surface area contributed by atoms with Crippen molar-refractivity contribution in [2.45, 2.75) is 6.42 Å². The highest BCUT2D eigenvalue weighted by molar-refractivity contribution is 5.19. The molecule has 0 aromatic rings. The Bertz CT molecular complexity index is 200. The van der Waals surface area contributed by atoms with Crippen molar-refractivity contribution in [3.8, 4) is 0 Å². The molecule has 1 aliphatic rings. The monoisotopic (exact) mass is 144 g/mol. The zero-order valence-corrected chi connectivity index (χ0v) is 6.48. The van der Waals surface area contributed by atoms with E-state index in [0.29, 0.717) is 0 Å². The van der Waals surface area contributed by atoms with E-state index in [2.05, 4.69) is 24.3 Å². The summed E-state index contributed by atoms with van der Waals surface area (Å²) in [5, 5.41) is 0. The number of rotatable bonds is 0. The van der Waals surface area contributed by atoms with Gasteiger partial charge in [0.25, 0.3) is 0 Å². The number of hydrogen-bond donors (Lipinski definition) is 0. The summed E-state index contributed by atoms with van der Waals surface area (Å²) in [6.07, 6.45) is 21.5. The van der Waals surface area contributed by atoms with Gasteiger partial charge < -0.3 is 0 Å². The summed E-state index contributed by atoms with van der Waals surface area (Å²) in [6, 6.07) is 0. The van der Waals surface area contributed by atoms with Gasteiger partial charge in [-0.3, -0.25) is 0 Å². The minimum atomic E-state index is 1.01. The largest absolute Gasteiger partial charge is 0.0807 e. The van der Waals surface area contributed by atoms with E-state index in [1.165, 1.54) is 0 Å². The van der Waals surface area contributed by atoms with E-state index in [-0.39, 0.29) is 0 Å². The van der Waals surface area contributed by atoms with Crippen molar-refractivity contribution in [3.05, 3.63) is 60.8 Å². The summed E-state index contributed by atoms with van der Waals surface area (Å²) < 4.78 is 0. The van der Waals surface area contributed by atoms with Crippen LogP contribution in [-0.2, 0) is 0 Å². The van der Waals surface area contributed by atoms with Gasteiger partial charge in [-0.1, -0.05) is 60.8 Å². The molecular formula is C11H12. The maximum absolute atomic E-state index is 2.12. The zero-order chi connectivity index (χ0) is 7.78. The minimum Gasteiger partial charge on any atom is -0.0807 e. The van der Waals surface area contributed by atoms with E-state index in [1.54, 1.807) is 0 Å². The van der Waals surface area contributed by atoms with Crippen LogP contribution in [0.5, 0.6) is 0 Å². The van der Waals surface area contributed by atoms with E-state index < -0.39 is 0 Å². The Morgan fingerprint density at radius 2 is 0.818 bits per heavy atom. The van der Waals surface area contributed by atoms with Crippen LogP contribution in [0.2, 0.25) is 0 Å². The molecule has 0 atom stereocenters. The smallest absolute Gasteiger partial charge is 0.0163 e. The van der Waals surface area contributed by atoms with Crippen LogP contribution in [-0.4, -0.2) is 0 Å². The number of hydrogen-bond acceptors (Lipinski definition) is 0. The molecule has 0 bridgehead atoms. The number of allylic oxidation sites excluding steroid dienone is 10. The lowest BCUT2D eigenvalue weighted by Crippen LogP contribution is -1.55. The first-order valence-corrected chi connectivity index (χ1v) is 3.82. The molecule has 0 heteroatoms. The summed E-state index contributed by atoms with van der Waals surface area (Å²) in [5.41, 5.74) is 0. The fraction of sp³-hybridized carbons (Fsp3) is 0.0909. The summed E-state index contributed by atoms with van der Waals surface area (Å²) in [6.45, 7) is 0. The normalized spacial score (nSPS) is 28.4. The molecule has 0 aromatic carbocycles. The van der Waals surface area contributed by atoms with Crippen LogP contribution in [0.3, 0.4) is 0 Å². The molecule has 1 rings (SSSR count). The molecule has 0 heterocycles. The average molecular weight is 144 g/mol. The van der Waals surface area contributed by atoms with Gasteiger partial charge in [-0.15, -0.1) is 0 Å². The minimum absolute atomic E-state index is 1.01. The third kappa shape index (κ3) is 4.15. The molecule has 0 unspecified atom stereocenters. The molecule has 0 saturated carbocycles. The Labute approximate surface area is 67.9 Å². The lowest BCUT2D eigenvalue weighted by atomic mass is 10.3. The van der Waals surface area contributed by atoms with Crippen LogP contribution in [0.25, 0.3) is 0 Å². The van der Waals surface area contributed by atoms with Gasteiger partial charge in [0.2, 0.25) is 0 Å². The van der Waals surface area contributed by atoms with E-state index in [0.717, 1.165) is 6.42 Å². The SMILES string of the molecule is C1=CC/C=C/C=C\C=C/C=C/1. The third-order valence-electron chi connectivity index (χ3n) is 1.32. The van der Waals surface area contributed by atoms with Crippen molar-refractivity contribution in [2.24, 2.45) is 0 Å². The molecule has 56 valence electrons. The van der Waals surface area contributed by atoms with Gasteiger partial charge in [0.15, 0.2) is 0 Å². The Morgan fingerprint density at radius 3 is 1.27 bits per heavy atom.